The second-order valence-electron chi connectivity index (χ2n) is 7.75. The molecule has 4 rings (SSSR count). The van der Waals surface area contributed by atoms with Crippen LogP contribution in [0.5, 0.6) is 0 Å². The lowest BCUT2D eigenvalue weighted by Gasteiger charge is -2.42. The van der Waals surface area contributed by atoms with Gasteiger partial charge in [-0.25, -0.2) is 0 Å². The first-order valence-corrected chi connectivity index (χ1v) is 10.1. The molecule has 168 valence electrons. The number of hydrogen-bond donors (Lipinski definition) is 0. The molecule has 0 saturated heterocycles. The lowest BCUT2D eigenvalue weighted by molar-refractivity contribution is -0.159. The highest BCUT2D eigenvalue weighted by Gasteiger charge is 2.63. The van der Waals surface area contributed by atoms with Crippen LogP contribution in [-0.2, 0) is 34.0 Å². The van der Waals surface area contributed by atoms with E-state index in [0.717, 1.165) is 14.2 Å². The average Bonchev–Trinajstić information content (AvgIpc) is 2.81. The second-order valence-corrected chi connectivity index (χ2v) is 7.75. The van der Waals surface area contributed by atoms with Gasteiger partial charge in [-0.05, 0) is 18.1 Å². The zero-order chi connectivity index (χ0) is 24.1. The second kappa shape index (κ2) is 7.81. The molecule has 1 unspecified atom stereocenters. The minimum atomic E-state index is -2.38. The third-order valence-electron chi connectivity index (χ3n) is 6.05. The zero-order valence-corrected chi connectivity index (χ0v) is 18.4. The van der Waals surface area contributed by atoms with Crippen molar-refractivity contribution in [2.75, 3.05) is 14.2 Å². The van der Waals surface area contributed by atoms with E-state index in [1.54, 1.807) is 31.2 Å². The molecule has 0 aliphatic heterocycles. The molecule has 2 aliphatic rings. The molecule has 0 radical (unpaired) electrons. The summed E-state index contributed by atoms with van der Waals surface area (Å²) in [7, 11) is 2.15. The summed E-state index contributed by atoms with van der Waals surface area (Å²) in [6.07, 6.45) is -1.30. The topological polar surface area (TPSA) is 113 Å². The number of Topliss-reactive ketones (excluding diaryl/α,β-unsaturated/α-hetero) is 2. The maximum Gasteiger partial charge on any atom is 0.332 e. The van der Waals surface area contributed by atoms with Gasteiger partial charge in [0, 0.05) is 29.2 Å². The number of hydrogen-bond acceptors (Lipinski definition) is 8. The molecule has 0 amide bonds. The third kappa shape index (κ3) is 2.87. The largest absolute Gasteiger partial charge is 0.468 e. The van der Waals surface area contributed by atoms with Gasteiger partial charge >= 0.3 is 17.9 Å². The fourth-order valence-electron chi connectivity index (χ4n) is 4.75. The lowest BCUT2D eigenvalue weighted by Crippen LogP contribution is -2.54. The Hall–Kier alpha value is -4.07. The maximum atomic E-state index is 13.8. The SMILES string of the molecule is COC(=O)C1(C(=O)OC)C2=C(C(=O)c3ccccc3C2=O)C(OC(C)=O)c2c(C)cccc21. The number of fused-ring (bicyclic) bond motifs is 2. The van der Waals surface area contributed by atoms with E-state index >= 15 is 0 Å². The maximum absolute atomic E-state index is 13.8. The Morgan fingerprint density at radius 1 is 0.848 bits per heavy atom. The van der Waals surface area contributed by atoms with Crippen molar-refractivity contribution in [3.05, 3.63) is 81.4 Å². The smallest absolute Gasteiger partial charge is 0.332 e. The fraction of sp³-hybridized carbons (Fsp3) is 0.240. The molecule has 0 aromatic heterocycles. The van der Waals surface area contributed by atoms with Crippen LogP contribution in [0.15, 0.2) is 53.6 Å². The van der Waals surface area contributed by atoms with Gasteiger partial charge in [-0.15, -0.1) is 0 Å². The molecule has 0 spiro atoms. The Kier molecular flexibility index (Phi) is 5.24. The number of aryl methyl sites for hydroxylation is 1. The molecule has 1 atom stereocenters. The molecule has 33 heavy (non-hydrogen) atoms. The van der Waals surface area contributed by atoms with Crippen molar-refractivity contribution in [1.29, 1.82) is 0 Å². The van der Waals surface area contributed by atoms with Crippen molar-refractivity contribution >= 4 is 29.5 Å². The van der Waals surface area contributed by atoms with Crippen LogP contribution in [0, 0.1) is 6.92 Å². The zero-order valence-electron chi connectivity index (χ0n) is 18.4. The van der Waals surface area contributed by atoms with Crippen molar-refractivity contribution in [2.24, 2.45) is 0 Å². The van der Waals surface area contributed by atoms with E-state index in [9.17, 15) is 24.0 Å². The molecule has 8 nitrogen and oxygen atoms in total. The number of ether oxygens (including phenoxy) is 3. The first kappa shape index (κ1) is 22.1. The Labute approximate surface area is 189 Å². The van der Waals surface area contributed by atoms with Crippen molar-refractivity contribution in [3.63, 3.8) is 0 Å². The lowest BCUT2D eigenvalue weighted by atomic mass is 9.60. The van der Waals surface area contributed by atoms with E-state index in [2.05, 4.69) is 0 Å². The van der Waals surface area contributed by atoms with Gasteiger partial charge < -0.3 is 14.2 Å². The normalized spacial score (nSPS) is 18.0. The minimum absolute atomic E-state index is 0.0242. The van der Waals surface area contributed by atoms with Gasteiger partial charge in [0.25, 0.3) is 0 Å². The molecule has 0 bridgehead atoms. The molecule has 0 N–H and O–H groups in total. The average molecular weight is 448 g/mol. The number of esters is 3. The summed E-state index contributed by atoms with van der Waals surface area (Å²) in [6, 6.07) is 10.8. The van der Waals surface area contributed by atoms with Gasteiger partial charge in [0.2, 0.25) is 5.41 Å². The Morgan fingerprint density at radius 2 is 1.42 bits per heavy atom. The standard InChI is InChI=1S/C25H20O8/c1-12-8-7-11-16-17(12)22(33-13(2)26)18-19(25(16,23(29)31-3)24(30)32-4)21(28)15-10-6-5-9-14(15)20(18)27/h5-11,22H,1-4H3. The summed E-state index contributed by atoms with van der Waals surface area (Å²) in [5, 5.41) is 0. The van der Waals surface area contributed by atoms with Gasteiger partial charge in [0.15, 0.2) is 17.7 Å². The van der Waals surface area contributed by atoms with Gasteiger partial charge in [-0.1, -0.05) is 42.5 Å². The molecule has 2 aromatic rings. The molecule has 0 fully saturated rings. The van der Waals surface area contributed by atoms with Crippen molar-refractivity contribution in [2.45, 2.75) is 25.4 Å². The predicted octanol–water partition coefficient (Wildman–Crippen LogP) is 2.57. The molecule has 8 heteroatoms. The number of benzene rings is 2. The van der Waals surface area contributed by atoms with E-state index in [1.807, 2.05) is 0 Å². The van der Waals surface area contributed by atoms with E-state index in [4.69, 9.17) is 14.2 Å². The first-order chi connectivity index (χ1) is 15.7. The summed E-state index contributed by atoms with van der Waals surface area (Å²) >= 11 is 0. The van der Waals surface area contributed by atoms with Gasteiger partial charge in [-0.2, -0.15) is 0 Å². The van der Waals surface area contributed by atoms with Gasteiger partial charge in [-0.3, -0.25) is 24.0 Å². The summed E-state index contributed by atoms with van der Waals surface area (Å²) in [6.45, 7) is 2.85. The van der Waals surface area contributed by atoms with Crippen LogP contribution < -0.4 is 0 Å². The summed E-state index contributed by atoms with van der Waals surface area (Å²) in [5.41, 5.74) is -2.09. The van der Waals surface area contributed by atoms with Crippen LogP contribution in [0.3, 0.4) is 0 Å². The van der Waals surface area contributed by atoms with Crippen LogP contribution in [0.25, 0.3) is 0 Å². The van der Waals surface area contributed by atoms with Crippen LogP contribution in [0.4, 0.5) is 0 Å². The number of ketones is 2. The Morgan fingerprint density at radius 3 is 1.97 bits per heavy atom. The molecule has 2 aliphatic carbocycles. The van der Waals surface area contributed by atoms with Crippen molar-refractivity contribution < 1.29 is 38.2 Å². The van der Waals surface area contributed by atoms with Crippen molar-refractivity contribution in [3.8, 4) is 0 Å². The highest BCUT2D eigenvalue weighted by Crippen LogP contribution is 2.53. The summed E-state index contributed by atoms with van der Waals surface area (Å²) < 4.78 is 15.6. The Bertz CT molecular complexity index is 1270. The van der Waals surface area contributed by atoms with Gasteiger partial charge in [0.1, 0.15) is 0 Å². The first-order valence-electron chi connectivity index (χ1n) is 10.1. The van der Waals surface area contributed by atoms with Crippen LogP contribution in [0.2, 0.25) is 0 Å². The van der Waals surface area contributed by atoms with E-state index in [-0.39, 0.29) is 27.8 Å². The monoisotopic (exact) mass is 448 g/mol. The highest BCUT2D eigenvalue weighted by atomic mass is 16.6. The number of carbonyl (C=O) groups excluding carboxylic acids is 5. The van der Waals surface area contributed by atoms with Crippen LogP contribution in [0.1, 0.15) is 50.4 Å². The molecule has 0 heterocycles. The molecule has 0 saturated carbocycles. The van der Waals surface area contributed by atoms with Crippen LogP contribution in [-0.4, -0.2) is 43.7 Å². The summed E-state index contributed by atoms with van der Waals surface area (Å²) in [4.78, 5) is 66.4. The number of methoxy groups -OCH3 is 2. The van der Waals surface area contributed by atoms with Gasteiger partial charge in [0.05, 0.1) is 19.8 Å². The number of carbonyl (C=O) groups is 5. The predicted molar refractivity (Wildman–Crippen MR) is 114 cm³/mol. The molecular weight excluding hydrogens is 428 g/mol. The van der Waals surface area contributed by atoms with E-state index in [0.29, 0.717) is 5.56 Å². The van der Waals surface area contributed by atoms with Crippen molar-refractivity contribution in [1.82, 2.24) is 0 Å². The quantitative estimate of drug-likeness (QED) is 0.400. The summed E-state index contributed by atoms with van der Waals surface area (Å²) in [5.74, 6) is -4.23. The number of rotatable bonds is 3. The third-order valence-corrected chi connectivity index (χ3v) is 6.05. The highest BCUT2D eigenvalue weighted by molar-refractivity contribution is 6.33. The molecular formula is C25H20O8. The van der Waals surface area contributed by atoms with Crippen LogP contribution >= 0.6 is 0 Å². The fourth-order valence-corrected chi connectivity index (χ4v) is 4.75. The minimum Gasteiger partial charge on any atom is -0.468 e. The Balaban J connectivity index is 2.24. The molecule has 2 aromatic carbocycles. The van der Waals surface area contributed by atoms with E-state index < -0.39 is 46.6 Å². The van der Waals surface area contributed by atoms with E-state index in [1.165, 1.54) is 25.1 Å².